The second-order valence-corrected chi connectivity index (χ2v) is 6.52. The van der Waals surface area contributed by atoms with Gasteiger partial charge >= 0.3 is 0 Å². The van der Waals surface area contributed by atoms with Crippen LogP contribution in [0.2, 0.25) is 0 Å². The molecule has 1 amide bonds. The van der Waals surface area contributed by atoms with Gasteiger partial charge in [0.25, 0.3) is 0 Å². The summed E-state index contributed by atoms with van der Waals surface area (Å²) in [5.41, 5.74) is 5.50. The van der Waals surface area contributed by atoms with Crippen molar-refractivity contribution in [1.82, 2.24) is 5.32 Å². The summed E-state index contributed by atoms with van der Waals surface area (Å²) in [6.07, 6.45) is 2.26. The van der Waals surface area contributed by atoms with Crippen LogP contribution in [0.5, 0.6) is 0 Å². The molecule has 102 valence electrons. The Hall–Kier alpha value is -0.870. The maximum Gasteiger partial charge on any atom is 0.220 e. The van der Waals surface area contributed by atoms with Crippen molar-refractivity contribution in [3.8, 4) is 0 Å². The number of nitrogens with one attached hydrogen (secondary N) is 1. The molecule has 1 unspecified atom stereocenters. The summed E-state index contributed by atoms with van der Waals surface area (Å²) in [6, 6.07) is 4.08. The third-order valence-electron chi connectivity index (χ3n) is 2.93. The van der Waals surface area contributed by atoms with Crippen molar-refractivity contribution in [2.75, 3.05) is 6.54 Å². The Morgan fingerprint density at radius 2 is 2.28 bits per heavy atom. The van der Waals surface area contributed by atoms with E-state index < -0.39 is 0 Å². The molecule has 1 aromatic heterocycles. The summed E-state index contributed by atoms with van der Waals surface area (Å²) in [6.45, 7) is 6.80. The molecule has 0 saturated carbocycles. The van der Waals surface area contributed by atoms with Gasteiger partial charge in [0.15, 0.2) is 0 Å². The summed E-state index contributed by atoms with van der Waals surface area (Å²) in [5, 5.41) is 5.12. The van der Waals surface area contributed by atoms with Crippen LogP contribution in [0.25, 0.3) is 0 Å². The minimum Gasteiger partial charge on any atom is -0.350 e. The average Bonchev–Trinajstić information content (AvgIpc) is 2.78. The van der Waals surface area contributed by atoms with Crippen LogP contribution in [-0.4, -0.2) is 18.0 Å². The molecule has 0 aliphatic carbocycles. The van der Waals surface area contributed by atoms with Crippen LogP contribution >= 0.6 is 11.3 Å². The third-order valence-corrected chi connectivity index (χ3v) is 3.87. The Balaban J connectivity index is 2.42. The fraction of sp³-hybridized carbons (Fsp3) is 0.643. The zero-order valence-corrected chi connectivity index (χ0v) is 12.3. The van der Waals surface area contributed by atoms with Crippen molar-refractivity contribution in [3.05, 3.63) is 22.4 Å². The van der Waals surface area contributed by atoms with Crippen LogP contribution < -0.4 is 11.1 Å². The lowest BCUT2D eigenvalue weighted by molar-refractivity contribution is -0.122. The van der Waals surface area contributed by atoms with Gasteiger partial charge in [0.05, 0.1) is 0 Å². The lowest BCUT2D eigenvalue weighted by Gasteiger charge is -2.31. The topological polar surface area (TPSA) is 55.1 Å². The van der Waals surface area contributed by atoms with E-state index in [-0.39, 0.29) is 11.4 Å². The van der Waals surface area contributed by atoms with E-state index >= 15 is 0 Å². The number of carbonyl (C=O) groups excluding carboxylic acids is 1. The van der Waals surface area contributed by atoms with Crippen LogP contribution in [0, 0.1) is 5.92 Å². The van der Waals surface area contributed by atoms with Crippen molar-refractivity contribution >= 4 is 17.2 Å². The highest BCUT2D eigenvalue weighted by molar-refractivity contribution is 7.09. The van der Waals surface area contributed by atoms with Crippen LogP contribution in [0.1, 0.15) is 38.5 Å². The van der Waals surface area contributed by atoms with Crippen molar-refractivity contribution in [3.63, 3.8) is 0 Å². The van der Waals surface area contributed by atoms with Crippen molar-refractivity contribution in [2.24, 2.45) is 11.7 Å². The Morgan fingerprint density at radius 1 is 1.56 bits per heavy atom. The number of hydrogen-bond acceptors (Lipinski definition) is 3. The van der Waals surface area contributed by atoms with Gasteiger partial charge in [0, 0.05) is 23.4 Å². The van der Waals surface area contributed by atoms with Gasteiger partial charge in [-0.2, -0.15) is 0 Å². The van der Waals surface area contributed by atoms with Crippen LogP contribution in [0.15, 0.2) is 17.5 Å². The number of thiophene rings is 1. The van der Waals surface area contributed by atoms with Gasteiger partial charge in [0.2, 0.25) is 5.91 Å². The normalized spacial score (nSPS) is 14.5. The van der Waals surface area contributed by atoms with E-state index in [4.69, 9.17) is 5.73 Å². The van der Waals surface area contributed by atoms with Crippen LogP contribution in [0.3, 0.4) is 0 Å². The molecule has 4 heteroatoms. The monoisotopic (exact) mass is 268 g/mol. The summed E-state index contributed by atoms with van der Waals surface area (Å²) in [4.78, 5) is 13.2. The molecule has 0 saturated heterocycles. The highest BCUT2D eigenvalue weighted by atomic mass is 32.1. The molecule has 0 aromatic carbocycles. The molecule has 3 nitrogen and oxygen atoms in total. The molecule has 0 radical (unpaired) electrons. The smallest absolute Gasteiger partial charge is 0.220 e. The predicted octanol–water partition coefficient (Wildman–Crippen LogP) is 2.56. The molecule has 1 atom stereocenters. The Labute approximate surface area is 114 Å². The molecule has 0 aliphatic rings. The molecule has 0 fully saturated rings. The second kappa shape index (κ2) is 6.90. The lowest BCUT2D eigenvalue weighted by Crippen LogP contribution is -2.52. The minimum atomic E-state index is -0.277. The van der Waals surface area contributed by atoms with E-state index in [2.05, 4.69) is 25.2 Å². The zero-order valence-electron chi connectivity index (χ0n) is 11.5. The Kier molecular flexibility index (Phi) is 5.82. The highest BCUT2D eigenvalue weighted by Gasteiger charge is 2.25. The van der Waals surface area contributed by atoms with Crippen molar-refractivity contribution in [2.45, 2.75) is 45.6 Å². The number of aryl methyl sites for hydroxylation is 1. The first kappa shape index (κ1) is 15.2. The van der Waals surface area contributed by atoms with Gasteiger partial charge in [0.1, 0.15) is 0 Å². The van der Waals surface area contributed by atoms with Crippen LogP contribution in [-0.2, 0) is 11.2 Å². The van der Waals surface area contributed by atoms with E-state index in [1.807, 2.05) is 18.4 Å². The van der Waals surface area contributed by atoms with Crippen molar-refractivity contribution in [1.29, 1.82) is 0 Å². The standard InChI is InChI=1S/C14H24N2OS/c1-11(2)9-14(3,10-15)16-13(17)7-6-12-5-4-8-18-12/h4-5,8,11H,6-7,9-10,15H2,1-3H3,(H,16,17). The van der Waals surface area contributed by atoms with E-state index in [1.54, 1.807) is 11.3 Å². The highest BCUT2D eigenvalue weighted by Crippen LogP contribution is 2.16. The molecular weight excluding hydrogens is 244 g/mol. The number of amides is 1. The Morgan fingerprint density at radius 3 is 2.78 bits per heavy atom. The molecule has 0 spiro atoms. The van der Waals surface area contributed by atoms with Gasteiger partial charge in [-0.15, -0.1) is 11.3 Å². The number of nitrogens with two attached hydrogens (primary N) is 1. The first-order chi connectivity index (χ1) is 8.45. The Bertz CT molecular complexity index is 362. The third kappa shape index (κ3) is 5.19. The minimum absolute atomic E-state index is 0.0944. The van der Waals surface area contributed by atoms with Crippen LogP contribution in [0.4, 0.5) is 0 Å². The van der Waals surface area contributed by atoms with E-state index in [0.717, 1.165) is 12.8 Å². The maximum absolute atomic E-state index is 11.9. The van der Waals surface area contributed by atoms with E-state index in [0.29, 0.717) is 18.9 Å². The number of hydrogen-bond donors (Lipinski definition) is 2. The van der Waals surface area contributed by atoms with Gasteiger partial charge in [-0.05, 0) is 37.1 Å². The molecule has 1 aromatic rings. The van der Waals surface area contributed by atoms with Gasteiger partial charge in [-0.25, -0.2) is 0 Å². The van der Waals surface area contributed by atoms with Gasteiger partial charge in [-0.1, -0.05) is 19.9 Å². The molecule has 3 N–H and O–H groups in total. The summed E-state index contributed by atoms with van der Waals surface area (Å²) in [7, 11) is 0. The summed E-state index contributed by atoms with van der Waals surface area (Å²) < 4.78 is 0. The first-order valence-corrected chi connectivity index (χ1v) is 7.36. The molecule has 1 rings (SSSR count). The maximum atomic E-state index is 11.9. The summed E-state index contributed by atoms with van der Waals surface area (Å²) >= 11 is 1.69. The molecule has 0 aliphatic heterocycles. The van der Waals surface area contributed by atoms with E-state index in [9.17, 15) is 4.79 Å². The lowest BCUT2D eigenvalue weighted by atomic mass is 9.90. The number of rotatable bonds is 7. The fourth-order valence-electron chi connectivity index (χ4n) is 2.18. The zero-order chi connectivity index (χ0) is 13.6. The SMILES string of the molecule is CC(C)CC(C)(CN)NC(=O)CCc1cccs1. The van der Waals surface area contributed by atoms with Gasteiger partial charge in [-0.3, -0.25) is 4.79 Å². The average molecular weight is 268 g/mol. The number of carbonyl (C=O) groups is 1. The van der Waals surface area contributed by atoms with Gasteiger partial charge < -0.3 is 11.1 Å². The molecule has 0 bridgehead atoms. The molecule has 18 heavy (non-hydrogen) atoms. The van der Waals surface area contributed by atoms with E-state index in [1.165, 1.54) is 4.88 Å². The summed E-state index contributed by atoms with van der Waals surface area (Å²) in [5.74, 6) is 0.619. The largest absolute Gasteiger partial charge is 0.350 e. The predicted molar refractivity (Wildman–Crippen MR) is 77.7 cm³/mol. The first-order valence-electron chi connectivity index (χ1n) is 6.48. The fourth-order valence-corrected chi connectivity index (χ4v) is 2.89. The second-order valence-electron chi connectivity index (χ2n) is 5.49. The molecule has 1 heterocycles. The molecular formula is C14H24N2OS. The quantitative estimate of drug-likeness (QED) is 0.798. The van der Waals surface area contributed by atoms with Crippen molar-refractivity contribution < 1.29 is 4.79 Å².